The van der Waals surface area contributed by atoms with Crippen LogP contribution in [0.4, 0.5) is 5.69 Å². The van der Waals surface area contributed by atoms with Crippen molar-refractivity contribution in [1.82, 2.24) is 4.31 Å². The van der Waals surface area contributed by atoms with Crippen LogP contribution in [-0.4, -0.2) is 52.0 Å². The zero-order valence-corrected chi connectivity index (χ0v) is 17.7. The molecule has 0 aliphatic carbocycles. The van der Waals surface area contributed by atoms with Gasteiger partial charge in [0.05, 0.1) is 26.7 Å². The number of nitrogens with one attached hydrogen (secondary N) is 1. The fourth-order valence-electron chi connectivity index (χ4n) is 3.21. The van der Waals surface area contributed by atoms with E-state index in [0.717, 1.165) is 16.8 Å². The third kappa shape index (κ3) is 4.95. The van der Waals surface area contributed by atoms with Crippen molar-refractivity contribution in [2.75, 3.05) is 38.7 Å². The van der Waals surface area contributed by atoms with Crippen molar-refractivity contribution >= 4 is 21.6 Å². The monoisotopic (exact) mass is 418 g/mol. The summed E-state index contributed by atoms with van der Waals surface area (Å²) in [6.45, 7) is 5.20. The molecule has 2 aromatic carbocycles. The molecule has 29 heavy (non-hydrogen) atoms. The molecule has 0 radical (unpaired) electrons. The molecule has 1 aliphatic rings. The number of methoxy groups -OCH3 is 1. The summed E-state index contributed by atoms with van der Waals surface area (Å²) >= 11 is 0. The van der Waals surface area contributed by atoms with Crippen molar-refractivity contribution in [3.63, 3.8) is 0 Å². The van der Waals surface area contributed by atoms with Crippen LogP contribution in [0.3, 0.4) is 0 Å². The molecule has 2 aromatic rings. The Kier molecular flexibility index (Phi) is 6.56. The molecule has 7 nitrogen and oxygen atoms in total. The van der Waals surface area contributed by atoms with Gasteiger partial charge in [-0.25, -0.2) is 8.42 Å². The SMILES string of the molecule is COc1ccc(CC(=O)Nc2cc(C)ccc2C)cc1S(=O)(=O)N1CCOCC1. The molecule has 1 aliphatic heterocycles. The number of carbonyl (C=O) groups excluding carboxylic acids is 1. The van der Waals surface area contributed by atoms with Gasteiger partial charge >= 0.3 is 0 Å². The molecule has 0 saturated carbocycles. The Labute approximate surface area is 171 Å². The molecule has 3 rings (SSSR count). The lowest BCUT2D eigenvalue weighted by Crippen LogP contribution is -2.40. The topological polar surface area (TPSA) is 84.9 Å². The molecule has 0 bridgehead atoms. The van der Waals surface area contributed by atoms with Crippen molar-refractivity contribution in [1.29, 1.82) is 0 Å². The zero-order chi connectivity index (χ0) is 21.0. The number of benzene rings is 2. The lowest BCUT2D eigenvalue weighted by atomic mass is 10.1. The maximum absolute atomic E-state index is 13.1. The minimum Gasteiger partial charge on any atom is -0.495 e. The van der Waals surface area contributed by atoms with Crippen molar-refractivity contribution in [3.8, 4) is 5.75 Å². The van der Waals surface area contributed by atoms with Gasteiger partial charge in [-0.2, -0.15) is 4.31 Å². The molecular weight excluding hydrogens is 392 g/mol. The predicted octanol–water partition coefficient (Wildman–Crippen LogP) is 2.51. The molecule has 1 N–H and O–H groups in total. The molecule has 0 spiro atoms. The van der Waals surface area contributed by atoms with E-state index < -0.39 is 10.0 Å². The fraction of sp³-hybridized carbons (Fsp3) is 0.381. The maximum atomic E-state index is 13.1. The second-order valence-electron chi connectivity index (χ2n) is 7.04. The average Bonchev–Trinajstić information content (AvgIpc) is 2.71. The van der Waals surface area contributed by atoms with Crippen LogP contribution in [0, 0.1) is 13.8 Å². The molecule has 156 valence electrons. The lowest BCUT2D eigenvalue weighted by Gasteiger charge is -2.26. The van der Waals surface area contributed by atoms with E-state index in [0.29, 0.717) is 31.9 Å². The van der Waals surface area contributed by atoms with Gasteiger partial charge < -0.3 is 14.8 Å². The van der Waals surface area contributed by atoms with Crippen LogP contribution in [-0.2, 0) is 26.0 Å². The average molecular weight is 419 g/mol. The van der Waals surface area contributed by atoms with Gasteiger partial charge in [0.2, 0.25) is 15.9 Å². The van der Waals surface area contributed by atoms with Gasteiger partial charge in [-0.1, -0.05) is 18.2 Å². The van der Waals surface area contributed by atoms with Crippen molar-refractivity contribution in [2.24, 2.45) is 0 Å². The summed E-state index contributed by atoms with van der Waals surface area (Å²) < 4.78 is 38.0. The number of hydrogen-bond acceptors (Lipinski definition) is 5. The largest absolute Gasteiger partial charge is 0.495 e. The van der Waals surface area contributed by atoms with Gasteiger partial charge in [-0.3, -0.25) is 4.79 Å². The summed E-state index contributed by atoms with van der Waals surface area (Å²) in [5.41, 5.74) is 3.37. The first-order valence-corrected chi connectivity index (χ1v) is 10.9. The second kappa shape index (κ2) is 8.94. The Morgan fingerprint density at radius 1 is 1.14 bits per heavy atom. The molecule has 1 amide bonds. The van der Waals surface area contributed by atoms with Gasteiger partial charge in [-0.15, -0.1) is 0 Å². The molecule has 0 atom stereocenters. The standard InChI is InChI=1S/C21H26N2O5S/c1-15-4-5-16(2)18(12-15)22-21(24)14-17-6-7-19(27-3)20(13-17)29(25,26)23-8-10-28-11-9-23/h4-7,12-13H,8-11,14H2,1-3H3,(H,22,24). The second-order valence-corrected chi connectivity index (χ2v) is 8.95. The quantitative estimate of drug-likeness (QED) is 0.779. The van der Waals surface area contributed by atoms with Crippen LogP contribution in [0.15, 0.2) is 41.3 Å². The normalized spacial score (nSPS) is 15.1. The third-order valence-electron chi connectivity index (χ3n) is 4.85. The predicted molar refractivity (Wildman–Crippen MR) is 111 cm³/mol. The molecule has 8 heteroatoms. The summed E-state index contributed by atoms with van der Waals surface area (Å²) in [5.74, 6) is 0.0498. The number of ether oxygens (including phenoxy) is 2. The minimum atomic E-state index is -3.74. The third-order valence-corrected chi connectivity index (χ3v) is 6.77. The summed E-state index contributed by atoms with van der Waals surface area (Å²) in [4.78, 5) is 12.6. The highest BCUT2D eigenvalue weighted by Crippen LogP contribution is 2.29. The Morgan fingerprint density at radius 2 is 1.86 bits per heavy atom. The first kappa shape index (κ1) is 21.3. The number of aryl methyl sites for hydroxylation is 2. The van der Waals surface area contributed by atoms with Crippen LogP contribution in [0.25, 0.3) is 0 Å². The smallest absolute Gasteiger partial charge is 0.246 e. The van der Waals surface area contributed by atoms with Crippen LogP contribution in [0.1, 0.15) is 16.7 Å². The zero-order valence-electron chi connectivity index (χ0n) is 16.9. The van der Waals surface area contributed by atoms with Crippen LogP contribution < -0.4 is 10.1 Å². The van der Waals surface area contributed by atoms with Crippen molar-refractivity contribution in [3.05, 3.63) is 53.1 Å². The van der Waals surface area contributed by atoms with Crippen LogP contribution >= 0.6 is 0 Å². The summed E-state index contributed by atoms with van der Waals surface area (Å²) in [6.07, 6.45) is 0.0585. The number of amides is 1. The van der Waals surface area contributed by atoms with E-state index in [1.165, 1.54) is 17.5 Å². The van der Waals surface area contributed by atoms with E-state index >= 15 is 0 Å². The summed E-state index contributed by atoms with van der Waals surface area (Å²) in [5, 5.41) is 2.90. The number of nitrogens with zero attached hydrogens (tertiary/aromatic N) is 1. The fourth-order valence-corrected chi connectivity index (χ4v) is 4.82. The number of carbonyl (C=O) groups is 1. The van der Waals surface area contributed by atoms with Crippen molar-refractivity contribution < 1.29 is 22.7 Å². The van der Waals surface area contributed by atoms with E-state index in [1.807, 2.05) is 32.0 Å². The summed E-state index contributed by atoms with van der Waals surface area (Å²) in [7, 11) is -2.31. The Balaban J connectivity index is 1.82. The van der Waals surface area contributed by atoms with E-state index in [1.54, 1.807) is 12.1 Å². The number of rotatable bonds is 6. The van der Waals surface area contributed by atoms with Gasteiger partial charge in [-0.05, 0) is 48.7 Å². The highest BCUT2D eigenvalue weighted by molar-refractivity contribution is 7.89. The first-order chi connectivity index (χ1) is 13.8. The highest BCUT2D eigenvalue weighted by atomic mass is 32.2. The Bertz CT molecular complexity index is 998. The van der Waals surface area contributed by atoms with Gasteiger partial charge in [0.25, 0.3) is 0 Å². The molecular formula is C21H26N2O5S. The van der Waals surface area contributed by atoms with Gasteiger partial charge in [0, 0.05) is 18.8 Å². The van der Waals surface area contributed by atoms with Crippen LogP contribution in [0.2, 0.25) is 0 Å². The van der Waals surface area contributed by atoms with E-state index in [-0.39, 0.29) is 23.0 Å². The number of sulfonamides is 1. The maximum Gasteiger partial charge on any atom is 0.246 e. The molecule has 1 fully saturated rings. The highest BCUT2D eigenvalue weighted by Gasteiger charge is 2.29. The molecule has 0 aromatic heterocycles. The van der Waals surface area contributed by atoms with Gasteiger partial charge in [0.15, 0.2) is 0 Å². The van der Waals surface area contributed by atoms with E-state index in [9.17, 15) is 13.2 Å². The van der Waals surface area contributed by atoms with Crippen molar-refractivity contribution in [2.45, 2.75) is 25.2 Å². The minimum absolute atomic E-state index is 0.0585. The van der Waals surface area contributed by atoms with E-state index in [2.05, 4.69) is 5.32 Å². The first-order valence-electron chi connectivity index (χ1n) is 9.43. The Hall–Kier alpha value is -2.42. The number of morpholine rings is 1. The lowest BCUT2D eigenvalue weighted by molar-refractivity contribution is -0.115. The molecule has 0 unspecified atom stereocenters. The molecule has 1 heterocycles. The van der Waals surface area contributed by atoms with Gasteiger partial charge in [0.1, 0.15) is 10.6 Å². The molecule has 1 saturated heterocycles. The number of anilines is 1. The number of hydrogen-bond donors (Lipinski definition) is 1. The van der Waals surface area contributed by atoms with Crippen LogP contribution in [0.5, 0.6) is 5.75 Å². The summed E-state index contributed by atoms with van der Waals surface area (Å²) in [6, 6.07) is 10.7. The van der Waals surface area contributed by atoms with E-state index in [4.69, 9.17) is 9.47 Å². The Morgan fingerprint density at radius 3 is 2.55 bits per heavy atom.